The predicted octanol–water partition coefficient (Wildman–Crippen LogP) is 0.916. The Morgan fingerprint density at radius 3 is 2.04 bits per heavy atom. The van der Waals surface area contributed by atoms with Crippen molar-refractivity contribution in [2.75, 3.05) is 6.61 Å². The minimum atomic E-state index is -0.938. The summed E-state index contributed by atoms with van der Waals surface area (Å²) in [7, 11) is 0. The summed E-state index contributed by atoms with van der Waals surface area (Å²) >= 11 is 0. The third-order valence-electron chi connectivity index (χ3n) is 5.76. The molecule has 24 heavy (non-hydrogen) atoms. The van der Waals surface area contributed by atoms with Crippen LogP contribution in [0.3, 0.4) is 0 Å². The predicted molar refractivity (Wildman–Crippen MR) is 84.8 cm³/mol. The molecule has 3 N–H and O–H groups in total. The van der Waals surface area contributed by atoms with E-state index < -0.39 is 30.5 Å². The van der Waals surface area contributed by atoms with E-state index in [-0.39, 0.29) is 74.9 Å². The summed E-state index contributed by atoms with van der Waals surface area (Å²) in [5.74, 6) is 0.163. The minimum Gasteiger partial charge on any atom is -0.394 e. The summed E-state index contributed by atoms with van der Waals surface area (Å²) in [6.45, 7) is 9.83. The minimum absolute atomic E-state index is 0. The molecule has 6 nitrogen and oxygen atoms in total. The zero-order valence-corrected chi connectivity index (χ0v) is 20.1. The standard InChI is InChI=1S/C17H32O6.Ac/c1-6-12-16(9(3)8(2)11(5)21-12)23-17-15(20)10(4)14(19)13(7-18)22-17;/h8-20H,6-7H2,1-5H3;/t8?,9-,10?,11+,12?,13+,14+,15?,16-,17-;/m1./s1. The molecule has 139 valence electrons. The monoisotopic (exact) mass is 559 g/mol. The summed E-state index contributed by atoms with van der Waals surface area (Å²) < 4.78 is 17.8. The largest absolute Gasteiger partial charge is 0.394 e. The van der Waals surface area contributed by atoms with Crippen molar-refractivity contribution in [3.8, 4) is 0 Å². The summed E-state index contributed by atoms with van der Waals surface area (Å²) in [6, 6.07) is 0. The van der Waals surface area contributed by atoms with E-state index in [4.69, 9.17) is 14.2 Å². The Hall–Kier alpha value is 1.20. The number of aliphatic hydroxyl groups excluding tert-OH is 3. The van der Waals surface area contributed by atoms with E-state index in [1.807, 2.05) is 0 Å². The zero-order chi connectivity index (χ0) is 17.3. The molecular formula is C17H32AcO6. The summed E-state index contributed by atoms with van der Waals surface area (Å²) in [5, 5.41) is 29.8. The average molecular weight is 559 g/mol. The summed E-state index contributed by atoms with van der Waals surface area (Å²) in [4.78, 5) is 0. The van der Waals surface area contributed by atoms with E-state index in [0.717, 1.165) is 6.42 Å². The first-order valence-corrected chi connectivity index (χ1v) is 8.75. The van der Waals surface area contributed by atoms with Gasteiger partial charge in [0.05, 0.1) is 31.0 Å². The van der Waals surface area contributed by atoms with Gasteiger partial charge in [-0.15, -0.1) is 0 Å². The number of ether oxygens (including phenoxy) is 3. The van der Waals surface area contributed by atoms with Crippen LogP contribution in [0, 0.1) is 61.8 Å². The van der Waals surface area contributed by atoms with Crippen LogP contribution >= 0.6 is 0 Å². The molecule has 2 heterocycles. The smallest absolute Gasteiger partial charge is 0.184 e. The Morgan fingerprint density at radius 2 is 1.50 bits per heavy atom. The SMILES string of the molecule is CCC1O[C@@H](C)C(C)[C@@H](C)[C@H]1O[C@H]1O[C@@H](CO)[C@@H](O)C(C)C1O.[Ac]. The van der Waals surface area contributed by atoms with Crippen molar-refractivity contribution in [1.82, 2.24) is 0 Å². The number of hydrogen-bond donors (Lipinski definition) is 3. The Kier molecular flexibility index (Phi) is 9.63. The molecule has 7 heteroatoms. The first-order chi connectivity index (χ1) is 10.8. The van der Waals surface area contributed by atoms with Crippen LogP contribution in [0.2, 0.25) is 0 Å². The van der Waals surface area contributed by atoms with Gasteiger partial charge in [0.15, 0.2) is 6.29 Å². The molecular weight excluding hydrogens is 527 g/mol. The normalized spacial score (nSPS) is 49.5. The fraction of sp³-hybridized carbons (Fsp3) is 1.00. The van der Waals surface area contributed by atoms with E-state index in [1.165, 1.54) is 0 Å². The Balaban J connectivity index is 0.00000288. The molecule has 0 aromatic carbocycles. The Bertz CT molecular complexity index is 380. The number of rotatable bonds is 4. The first-order valence-electron chi connectivity index (χ1n) is 8.75. The summed E-state index contributed by atoms with van der Waals surface area (Å²) in [6.07, 6.45) is -2.71. The molecule has 0 aromatic rings. The van der Waals surface area contributed by atoms with Gasteiger partial charge >= 0.3 is 0 Å². The molecule has 2 aliphatic heterocycles. The van der Waals surface area contributed by atoms with Crippen molar-refractivity contribution in [2.45, 2.75) is 84.0 Å². The molecule has 2 aliphatic rings. The van der Waals surface area contributed by atoms with E-state index in [1.54, 1.807) is 6.92 Å². The Labute approximate surface area is 180 Å². The van der Waals surface area contributed by atoms with Gasteiger partial charge < -0.3 is 29.5 Å². The van der Waals surface area contributed by atoms with Crippen LogP contribution in [0.4, 0.5) is 0 Å². The van der Waals surface area contributed by atoms with E-state index in [9.17, 15) is 15.3 Å². The quantitative estimate of drug-likeness (QED) is 0.475. The van der Waals surface area contributed by atoms with Gasteiger partial charge in [-0.1, -0.05) is 27.7 Å². The number of hydrogen-bond acceptors (Lipinski definition) is 6. The van der Waals surface area contributed by atoms with Gasteiger partial charge in [-0.2, -0.15) is 0 Å². The summed E-state index contributed by atoms with van der Waals surface area (Å²) in [5.41, 5.74) is 0. The van der Waals surface area contributed by atoms with Crippen LogP contribution in [0.15, 0.2) is 0 Å². The third kappa shape index (κ3) is 4.72. The van der Waals surface area contributed by atoms with Crippen LogP contribution in [-0.4, -0.2) is 64.8 Å². The van der Waals surface area contributed by atoms with Crippen molar-refractivity contribution in [3.63, 3.8) is 0 Å². The molecule has 10 atom stereocenters. The van der Waals surface area contributed by atoms with Crippen molar-refractivity contribution >= 4 is 0 Å². The topological polar surface area (TPSA) is 88.4 Å². The Morgan fingerprint density at radius 1 is 0.875 bits per heavy atom. The first kappa shape index (κ1) is 23.2. The van der Waals surface area contributed by atoms with Crippen molar-refractivity contribution < 1.29 is 73.6 Å². The van der Waals surface area contributed by atoms with E-state index in [0.29, 0.717) is 5.92 Å². The van der Waals surface area contributed by atoms with Crippen LogP contribution < -0.4 is 0 Å². The van der Waals surface area contributed by atoms with E-state index >= 15 is 0 Å². The van der Waals surface area contributed by atoms with Gasteiger partial charge in [-0.05, 0) is 25.2 Å². The second-order valence-electron chi connectivity index (χ2n) is 7.17. The zero-order valence-electron chi connectivity index (χ0n) is 15.3. The molecule has 0 saturated carbocycles. The molecule has 2 fully saturated rings. The maximum atomic E-state index is 10.4. The second-order valence-corrected chi connectivity index (χ2v) is 7.17. The number of aliphatic hydroxyl groups is 3. The van der Waals surface area contributed by atoms with E-state index in [2.05, 4.69) is 27.7 Å². The van der Waals surface area contributed by atoms with Gasteiger partial charge in [0.2, 0.25) is 0 Å². The fourth-order valence-electron chi connectivity index (χ4n) is 3.62. The molecule has 0 amide bonds. The molecule has 4 unspecified atom stereocenters. The van der Waals surface area contributed by atoms with Gasteiger partial charge in [0.25, 0.3) is 0 Å². The molecule has 0 aliphatic carbocycles. The van der Waals surface area contributed by atoms with Crippen LogP contribution in [0.25, 0.3) is 0 Å². The fourth-order valence-corrected chi connectivity index (χ4v) is 3.62. The van der Waals surface area contributed by atoms with Crippen LogP contribution in [0.1, 0.15) is 41.0 Å². The van der Waals surface area contributed by atoms with Gasteiger partial charge in [-0.3, -0.25) is 0 Å². The average Bonchev–Trinajstić information content (AvgIpc) is 2.55. The van der Waals surface area contributed by atoms with Crippen molar-refractivity contribution in [1.29, 1.82) is 0 Å². The van der Waals surface area contributed by atoms with Gasteiger partial charge in [0.1, 0.15) is 12.2 Å². The second kappa shape index (κ2) is 9.94. The maximum Gasteiger partial charge on any atom is 0.184 e. The molecule has 0 aromatic heterocycles. The van der Waals surface area contributed by atoms with Crippen LogP contribution in [-0.2, 0) is 14.2 Å². The van der Waals surface area contributed by atoms with Crippen molar-refractivity contribution in [3.05, 3.63) is 0 Å². The molecule has 1 radical (unpaired) electrons. The van der Waals surface area contributed by atoms with Crippen molar-refractivity contribution in [2.24, 2.45) is 17.8 Å². The van der Waals surface area contributed by atoms with Crippen LogP contribution in [0.5, 0.6) is 0 Å². The third-order valence-corrected chi connectivity index (χ3v) is 5.76. The van der Waals surface area contributed by atoms with Gasteiger partial charge in [-0.25, -0.2) is 0 Å². The molecule has 2 saturated heterocycles. The molecule has 0 spiro atoms. The molecule has 0 bridgehead atoms. The molecule has 2 rings (SSSR count). The van der Waals surface area contributed by atoms with Gasteiger partial charge in [0, 0.05) is 50.0 Å². The maximum absolute atomic E-state index is 10.4.